The maximum Gasteiger partial charge on any atom is 0.186 e. The van der Waals surface area contributed by atoms with Crippen LogP contribution in [0.25, 0.3) is 0 Å². The minimum atomic E-state index is -0.342. The summed E-state index contributed by atoms with van der Waals surface area (Å²) >= 11 is 0. The van der Waals surface area contributed by atoms with Gasteiger partial charge in [-0.3, -0.25) is 0 Å². The van der Waals surface area contributed by atoms with Crippen LogP contribution in [0.2, 0.25) is 0 Å². The topological polar surface area (TPSA) is 84.6 Å². The van der Waals surface area contributed by atoms with Gasteiger partial charge in [-0.25, -0.2) is 4.99 Å². The molecule has 0 saturated heterocycles. The van der Waals surface area contributed by atoms with Gasteiger partial charge in [0.25, 0.3) is 0 Å². The zero-order chi connectivity index (χ0) is 8.27. The summed E-state index contributed by atoms with van der Waals surface area (Å²) < 4.78 is 0. The van der Waals surface area contributed by atoms with Crippen molar-refractivity contribution in [3.8, 4) is 0 Å². The zero-order valence-electron chi connectivity index (χ0n) is 6.53. The lowest BCUT2D eigenvalue weighted by molar-refractivity contribution is 0.109. The van der Waals surface area contributed by atoms with Crippen LogP contribution < -0.4 is 11.5 Å². The lowest BCUT2D eigenvalue weighted by Crippen LogP contribution is -2.33. The Morgan fingerprint density at radius 2 is 1.91 bits per heavy atom. The fourth-order valence-electron chi connectivity index (χ4n) is 1.43. The standard InChI is InChI=1S/C7H15N3O/c8-7(9)10-5-3-1-2-4-6(5)11/h5-6,11H,1-4H2,(H4,8,9,10)/t5-,6-/m0/s1. The number of nitrogens with two attached hydrogens (primary N) is 2. The van der Waals surface area contributed by atoms with Crippen molar-refractivity contribution in [2.75, 3.05) is 0 Å². The molecular weight excluding hydrogens is 142 g/mol. The maximum atomic E-state index is 9.40. The van der Waals surface area contributed by atoms with E-state index < -0.39 is 0 Å². The molecule has 11 heavy (non-hydrogen) atoms. The largest absolute Gasteiger partial charge is 0.391 e. The molecule has 2 atom stereocenters. The summed E-state index contributed by atoms with van der Waals surface area (Å²) in [5.74, 6) is 0.0796. The van der Waals surface area contributed by atoms with Gasteiger partial charge in [0.15, 0.2) is 5.96 Å². The lowest BCUT2D eigenvalue weighted by atomic mass is 9.93. The third-order valence-corrected chi connectivity index (χ3v) is 2.01. The molecule has 1 rings (SSSR count). The second-order valence-corrected chi connectivity index (χ2v) is 2.97. The van der Waals surface area contributed by atoms with Gasteiger partial charge < -0.3 is 16.6 Å². The Morgan fingerprint density at radius 3 is 2.45 bits per heavy atom. The molecule has 0 heterocycles. The van der Waals surface area contributed by atoms with Crippen LogP contribution in [0, 0.1) is 0 Å². The first-order chi connectivity index (χ1) is 5.20. The van der Waals surface area contributed by atoms with Gasteiger partial charge in [-0.1, -0.05) is 12.8 Å². The van der Waals surface area contributed by atoms with E-state index in [1.54, 1.807) is 0 Å². The summed E-state index contributed by atoms with van der Waals surface area (Å²) in [7, 11) is 0. The predicted octanol–water partition coefficient (Wildman–Crippen LogP) is -0.437. The third kappa shape index (κ3) is 2.38. The van der Waals surface area contributed by atoms with Crippen molar-refractivity contribution in [1.29, 1.82) is 0 Å². The molecule has 1 aliphatic carbocycles. The molecule has 5 N–H and O–H groups in total. The summed E-state index contributed by atoms with van der Waals surface area (Å²) in [6, 6.07) is -0.0613. The highest BCUT2D eigenvalue weighted by Crippen LogP contribution is 2.20. The third-order valence-electron chi connectivity index (χ3n) is 2.01. The van der Waals surface area contributed by atoms with Gasteiger partial charge in [-0.15, -0.1) is 0 Å². The van der Waals surface area contributed by atoms with Crippen LogP contribution in [0.3, 0.4) is 0 Å². The Kier molecular flexibility index (Phi) is 2.70. The number of guanidine groups is 1. The van der Waals surface area contributed by atoms with E-state index in [1.807, 2.05) is 0 Å². The fourth-order valence-corrected chi connectivity index (χ4v) is 1.43. The Bertz CT molecular complexity index is 154. The number of rotatable bonds is 1. The van der Waals surface area contributed by atoms with E-state index in [0.717, 1.165) is 25.7 Å². The van der Waals surface area contributed by atoms with Crippen LogP contribution in [0.15, 0.2) is 4.99 Å². The van der Waals surface area contributed by atoms with Gasteiger partial charge in [0.05, 0.1) is 12.1 Å². The second kappa shape index (κ2) is 3.57. The number of hydrogen-bond acceptors (Lipinski definition) is 2. The fraction of sp³-hybridized carbons (Fsp3) is 0.857. The second-order valence-electron chi connectivity index (χ2n) is 2.97. The highest BCUT2D eigenvalue weighted by atomic mass is 16.3. The van der Waals surface area contributed by atoms with Crippen molar-refractivity contribution in [2.45, 2.75) is 37.8 Å². The van der Waals surface area contributed by atoms with Crippen LogP contribution in [-0.2, 0) is 0 Å². The average molecular weight is 157 g/mol. The summed E-state index contributed by atoms with van der Waals surface area (Å²) in [6.45, 7) is 0. The molecule has 0 aromatic carbocycles. The van der Waals surface area contributed by atoms with Crippen LogP contribution in [0.1, 0.15) is 25.7 Å². The van der Waals surface area contributed by atoms with Crippen molar-refractivity contribution in [3.63, 3.8) is 0 Å². The number of hydrogen-bond donors (Lipinski definition) is 3. The monoisotopic (exact) mass is 157 g/mol. The molecule has 1 fully saturated rings. The molecule has 0 aromatic rings. The molecular formula is C7H15N3O. The zero-order valence-corrected chi connectivity index (χ0v) is 6.53. The molecule has 0 spiro atoms. The summed E-state index contributed by atoms with van der Waals surface area (Å²) in [4.78, 5) is 3.94. The van der Waals surface area contributed by atoms with Gasteiger partial charge in [0.2, 0.25) is 0 Å². The summed E-state index contributed by atoms with van der Waals surface area (Å²) in [5, 5.41) is 9.40. The quantitative estimate of drug-likeness (QED) is 0.356. The maximum absolute atomic E-state index is 9.40. The number of aliphatic hydroxyl groups is 1. The molecule has 1 saturated carbocycles. The lowest BCUT2D eigenvalue weighted by Gasteiger charge is -2.23. The van der Waals surface area contributed by atoms with Crippen molar-refractivity contribution in [2.24, 2.45) is 16.5 Å². The van der Waals surface area contributed by atoms with Gasteiger partial charge in [-0.2, -0.15) is 0 Å². The Hall–Kier alpha value is -0.770. The molecule has 4 heteroatoms. The van der Waals surface area contributed by atoms with Gasteiger partial charge in [0, 0.05) is 0 Å². The molecule has 0 radical (unpaired) electrons. The van der Waals surface area contributed by atoms with E-state index in [4.69, 9.17) is 11.5 Å². The van der Waals surface area contributed by atoms with Crippen LogP contribution in [0.5, 0.6) is 0 Å². The molecule has 4 nitrogen and oxygen atoms in total. The van der Waals surface area contributed by atoms with Crippen LogP contribution in [0.4, 0.5) is 0 Å². The summed E-state index contributed by atoms with van der Waals surface area (Å²) in [6.07, 6.45) is 3.57. The minimum Gasteiger partial charge on any atom is -0.391 e. The van der Waals surface area contributed by atoms with E-state index in [1.165, 1.54) is 0 Å². The van der Waals surface area contributed by atoms with E-state index >= 15 is 0 Å². The first kappa shape index (κ1) is 8.33. The molecule has 0 unspecified atom stereocenters. The first-order valence-corrected chi connectivity index (χ1v) is 3.97. The minimum absolute atomic E-state index is 0.0613. The van der Waals surface area contributed by atoms with E-state index in [0.29, 0.717) is 0 Å². The normalized spacial score (nSPS) is 31.4. The van der Waals surface area contributed by atoms with Gasteiger partial charge in [-0.05, 0) is 12.8 Å². The van der Waals surface area contributed by atoms with Crippen LogP contribution >= 0.6 is 0 Å². The number of nitrogens with zero attached hydrogens (tertiary/aromatic N) is 1. The van der Waals surface area contributed by atoms with E-state index in [9.17, 15) is 5.11 Å². The molecule has 64 valence electrons. The highest BCUT2D eigenvalue weighted by Gasteiger charge is 2.21. The Balaban J connectivity index is 2.48. The van der Waals surface area contributed by atoms with Crippen LogP contribution in [-0.4, -0.2) is 23.2 Å². The number of aliphatic hydroxyl groups excluding tert-OH is 1. The average Bonchev–Trinajstić information content (AvgIpc) is 1.93. The molecule has 0 aliphatic heterocycles. The summed E-state index contributed by atoms with van der Waals surface area (Å²) in [5.41, 5.74) is 10.4. The van der Waals surface area contributed by atoms with Crippen molar-refractivity contribution in [1.82, 2.24) is 0 Å². The molecule has 1 aliphatic rings. The van der Waals surface area contributed by atoms with Gasteiger partial charge >= 0.3 is 0 Å². The molecule has 0 amide bonds. The molecule has 0 bridgehead atoms. The smallest absolute Gasteiger partial charge is 0.186 e. The molecule has 0 aromatic heterocycles. The Morgan fingerprint density at radius 1 is 1.27 bits per heavy atom. The van der Waals surface area contributed by atoms with Crippen molar-refractivity contribution in [3.05, 3.63) is 0 Å². The first-order valence-electron chi connectivity index (χ1n) is 3.97. The highest BCUT2D eigenvalue weighted by molar-refractivity contribution is 5.75. The van der Waals surface area contributed by atoms with Crippen molar-refractivity contribution >= 4 is 5.96 Å². The van der Waals surface area contributed by atoms with Gasteiger partial charge in [0.1, 0.15) is 0 Å². The van der Waals surface area contributed by atoms with E-state index in [-0.39, 0.29) is 18.1 Å². The SMILES string of the molecule is NC(N)=N[C@H]1CCCC[C@@H]1O. The van der Waals surface area contributed by atoms with E-state index in [2.05, 4.69) is 4.99 Å². The predicted molar refractivity (Wildman–Crippen MR) is 44.1 cm³/mol. The van der Waals surface area contributed by atoms with Crippen molar-refractivity contribution < 1.29 is 5.11 Å². The Labute approximate surface area is 66.3 Å². The number of aliphatic imine (C=N–C) groups is 1.